The van der Waals surface area contributed by atoms with Crippen LogP contribution in [-0.4, -0.2) is 6.13 Å². The smallest absolute Gasteiger partial charge is 0.196 e. The van der Waals surface area contributed by atoms with Gasteiger partial charge in [-0.3, -0.25) is 0 Å². The van der Waals surface area contributed by atoms with E-state index in [0.29, 0.717) is 6.13 Å². The Morgan fingerprint density at radius 1 is 0.625 bits per heavy atom. The van der Waals surface area contributed by atoms with E-state index in [1.54, 1.807) is 0 Å². The first kappa shape index (κ1) is 16.4. The van der Waals surface area contributed by atoms with E-state index in [-0.39, 0.29) is 0 Å². The molecule has 0 saturated heterocycles. The Morgan fingerprint density at radius 3 is 1.38 bits per heavy atom. The predicted octanol–water partition coefficient (Wildman–Crippen LogP) is 6.16. The second-order valence-corrected chi connectivity index (χ2v) is 5.62. The van der Waals surface area contributed by atoms with Gasteiger partial charge in [-0.1, -0.05) is 90.7 Å². The van der Waals surface area contributed by atoms with Gasteiger partial charge in [0.05, 0.1) is 0 Å². The highest BCUT2D eigenvalue weighted by Gasteiger charge is 2.08. The van der Waals surface area contributed by atoms with Gasteiger partial charge >= 0.3 is 0 Å². The van der Waals surface area contributed by atoms with Crippen LogP contribution in [0.15, 0.2) is 0 Å². The van der Waals surface area contributed by atoms with Crippen molar-refractivity contribution in [2.24, 2.45) is 0 Å². The first-order valence-electron chi connectivity index (χ1n) is 7.45. The Kier molecular flexibility index (Phi) is 13.7. The molecule has 2 heteroatoms. The van der Waals surface area contributed by atoms with E-state index in [1.807, 2.05) is 0 Å². The largest absolute Gasteiger partial charge is 0.250 e. The summed E-state index contributed by atoms with van der Waals surface area (Å²) in [5.41, 5.74) is 0. The Labute approximate surface area is 109 Å². The molecule has 0 atom stereocenters. The van der Waals surface area contributed by atoms with Gasteiger partial charge in [0.2, 0.25) is 0 Å². The number of halogens is 1. The fourth-order valence-electron chi connectivity index (χ4n) is 2.08. The van der Waals surface area contributed by atoms with Gasteiger partial charge in [-0.15, -0.1) is 0 Å². The van der Waals surface area contributed by atoms with E-state index < -0.39 is 0 Å². The van der Waals surface area contributed by atoms with E-state index in [9.17, 15) is 0 Å². The van der Waals surface area contributed by atoms with Gasteiger partial charge < -0.3 is 0 Å². The highest BCUT2D eigenvalue weighted by atomic mass is 35.5. The van der Waals surface area contributed by atoms with E-state index in [0.717, 1.165) is 0 Å². The summed E-state index contributed by atoms with van der Waals surface area (Å²) in [5, 5.41) is 0. The monoisotopic (exact) mass is 244 g/mol. The van der Waals surface area contributed by atoms with E-state index >= 15 is 0 Å². The van der Waals surface area contributed by atoms with Crippen molar-refractivity contribution in [3.8, 4) is 0 Å². The zero-order valence-corrected chi connectivity index (χ0v) is 12.2. The minimum Gasteiger partial charge on any atom is -0.196 e. The van der Waals surface area contributed by atoms with Gasteiger partial charge in [0.1, 0.15) is 0 Å². The van der Waals surface area contributed by atoms with Crippen molar-refractivity contribution in [3.63, 3.8) is 0 Å². The lowest BCUT2D eigenvalue weighted by atomic mass is 9.66. The molecular formula is C14H30BCl. The van der Waals surface area contributed by atoms with Crippen LogP contribution in [-0.2, 0) is 0 Å². The van der Waals surface area contributed by atoms with Crippen molar-refractivity contribution in [2.75, 3.05) is 0 Å². The van der Waals surface area contributed by atoms with Crippen LogP contribution in [0.5, 0.6) is 0 Å². The van der Waals surface area contributed by atoms with Crippen LogP contribution >= 0.6 is 11.5 Å². The second kappa shape index (κ2) is 13.4. The predicted molar refractivity (Wildman–Crippen MR) is 78.7 cm³/mol. The van der Waals surface area contributed by atoms with E-state index in [2.05, 4.69) is 13.8 Å². The summed E-state index contributed by atoms with van der Waals surface area (Å²) in [6.45, 7) is 4.53. The topological polar surface area (TPSA) is 0 Å². The molecule has 0 bridgehead atoms. The molecule has 0 fully saturated rings. The fourth-order valence-corrected chi connectivity index (χ4v) is 2.39. The van der Waals surface area contributed by atoms with E-state index in [4.69, 9.17) is 11.5 Å². The van der Waals surface area contributed by atoms with Gasteiger partial charge in [-0.05, 0) is 0 Å². The number of unbranched alkanes of at least 4 members (excludes halogenated alkanes) is 8. The molecule has 0 unspecified atom stereocenters. The molecule has 0 aromatic rings. The van der Waals surface area contributed by atoms with Gasteiger partial charge in [-0.25, -0.2) is 0 Å². The molecule has 96 valence electrons. The third-order valence-corrected chi connectivity index (χ3v) is 3.68. The Hall–Kier alpha value is 0.355. The summed E-state index contributed by atoms with van der Waals surface area (Å²) < 4.78 is 0. The Bertz CT molecular complexity index is 114. The van der Waals surface area contributed by atoms with Crippen LogP contribution in [0.3, 0.4) is 0 Å². The van der Waals surface area contributed by atoms with Crippen LogP contribution in [0.25, 0.3) is 0 Å². The normalized spacial score (nSPS) is 10.7. The third kappa shape index (κ3) is 12.4. The minimum atomic E-state index is 0.447. The van der Waals surface area contributed by atoms with Crippen molar-refractivity contribution < 1.29 is 0 Å². The molecule has 0 nitrogen and oxygen atoms in total. The summed E-state index contributed by atoms with van der Waals surface area (Å²) in [7, 11) is 0. The lowest BCUT2D eigenvalue weighted by Crippen LogP contribution is -2.02. The molecule has 0 aromatic carbocycles. The van der Waals surface area contributed by atoms with Gasteiger partial charge in [0, 0.05) is 0 Å². The molecule has 0 aliphatic heterocycles. The fraction of sp³-hybridized carbons (Fsp3) is 1.00. The molecular weight excluding hydrogens is 214 g/mol. The number of hydrogen-bond donors (Lipinski definition) is 0. The van der Waals surface area contributed by atoms with Crippen LogP contribution in [0.4, 0.5) is 0 Å². The Balaban J connectivity index is 3.09. The highest BCUT2D eigenvalue weighted by molar-refractivity contribution is 7.06. The van der Waals surface area contributed by atoms with Crippen LogP contribution in [0.1, 0.15) is 78.1 Å². The van der Waals surface area contributed by atoms with Crippen LogP contribution in [0.2, 0.25) is 12.6 Å². The molecule has 0 aromatic heterocycles. The molecule has 0 aliphatic rings. The SMILES string of the molecule is CCCCCCCB(Cl)CCCCCCC. The molecule has 0 heterocycles. The molecule has 0 N–H and O–H groups in total. The van der Waals surface area contributed by atoms with Crippen molar-refractivity contribution in [1.29, 1.82) is 0 Å². The molecule has 0 amide bonds. The average molecular weight is 245 g/mol. The molecule has 0 saturated carbocycles. The van der Waals surface area contributed by atoms with Crippen LogP contribution < -0.4 is 0 Å². The summed E-state index contributed by atoms with van der Waals surface area (Å²) in [6, 6.07) is 0. The van der Waals surface area contributed by atoms with Crippen molar-refractivity contribution in [1.82, 2.24) is 0 Å². The quantitative estimate of drug-likeness (QED) is 0.285. The Morgan fingerprint density at radius 2 is 1.00 bits per heavy atom. The highest BCUT2D eigenvalue weighted by Crippen LogP contribution is 2.16. The van der Waals surface area contributed by atoms with Crippen molar-refractivity contribution in [3.05, 3.63) is 0 Å². The molecule has 0 aliphatic carbocycles. The number of hydrogen-bond acceptors (Lipinski definition) is 0. The minimum absolute atomic E-state index is 0.447. The molecule has 0 rings (SSSR count). The lowest BCUT2D eigenvalue weighted by molar-refractivity contribution is 0.647. The van der Waals surface area contributed by atoms with Crippen molar-refractivity contribution in [2.45, 2.75) is 90.7 Å². The summed E-state index contributed by atoms with van der Waals surface area (Å²) in [4.78, 5) is 0. The maximum atomic E-state index is 6.31. The van der Waals surface area contributed by atoms with Gasteiger partial charge in [0.25, 0.3) is 6.13 Å². The zero-order chi connectivity index (χ0) is 12.1. The van der Waals surface area contributed by atoms with Gasteiger partial charge in [0.15, 0.2) is 0 Å². The molecule has 16 heavy (non-hydrogen) atoms. The first-order valence-corrected chi connectivity index (χ1v) is 7.89. The summed E-state index contributed by atoms with van der Waals surface area (Å²) in [5.74, 6) is 0. The molecule has 0 radical (unpaired) electrons. The maximum absolute atomic E-state index is 6.31. The summed E-state index contributed by atoms with van der Waals surface area (Å²) >= 11 is 6.31. The third-order valence-electron chi connectivity index (χ3n) is 3.24. The lowest BCUT2D eigenvalue weighted by Gasteiger charge is -2.05. The first-order chi connectivity index (χ1) is 7.81. The van der Waals surface area contributed by atoms with Gasteiger partial charge in [-0.2, -0.15) is 11.5 Å². The second-order valence-electron chi connectivity index (χ2n) is 5.00. The van der Waals surface area contributed by atoms with Crippen LogP contribution in [0, 0.1) is 0 Å². The number of rotatable bonds is 12. The van der Waals surface area contributed by atoms with E-state index in [1.165, 1.54) is 76.8 Å². The van der Waals surface area contributed by atoms with Crippen molar-refractivity contribution >= 4 is 17.6 Å². The summed E-state index contributed by atoms with van der Waals surface area (Å²) in [6.07, 6.45) is 16.6. The average Bonchev–Trinajstić information content (AvgIpc) is 2.28. The zero-order valence-electron chi connectivity index (χ0n) is 11.4. The standard InChI is InChI=1S/C14H30BCl/c1-3-5-7-9-11-13-15(16)14-12-10-8-6-4-2/h3-14H2,1-2H3. The molecule has 0 spiro atoms. The maximum Gasteiger partial charge on any atom is 0.250 e.